The maximum absolute atomic E-state index is 4.29. The van der Waals surface area contributed by atoms with Crippen molar-refractivity contribution < 1.29 is 0 Å². The van der Waals surface area contributed by atoms with Gasteiger partial charge in [0.1, 0.15) is 7.85 Å². The van der Waals surface area contributed by atoms with Gasteiger partial charge in [0.25, 0.3) is 0 Å². The highest BCUT2D eigenvalue weighted by molar-refractivity contribution is 6.12. The van der Waals surface area contributed by atoms with E-state index in [4.69, 9.17) is 0 Å². The Morgan fingerprint density at radius 1 is 1.50 bits per heavy atom. The second-order valence-corrected chi connectivity index (χ2v) is 6.06. The van der Waals surface area contributed by atoms with Gasteiger partial charge in [0, 0.05) is 18.8 Å². The summed E-state index contributed by atoms with van der Waals surface area (Å²) in [5.41, 5.74) is 4.49. The van der Waals surface area contributed by atoms with E-state index in [-0.39, 0.29) is 0 Å². The molecule has 1 atom stereocenters. The molecule has 1 rings (SSSR count). The van der Waals surface area contributed by atoms with E-state index in [1.54, 1.807) is 0 Å². The zero-order valence-corrected chi connectivity index (χ0v) is 11.9. The molecular weight excluding hydrogens is 193 g/mol. The molecule has 1 aliphatic rings. The standard InChI is InChI=1S/C14H26BN/c1-7-16-9-14(5,6)12(15)8-11(4)13(16)10(2)3/h12H,4,7-9,15H2,1-3,5-6H3. The Morgan fingerprint density at radius 3 is 2.50 bits per heavy atom. The third-order valence-corrected chi connectivity index (χ3v) is 3.99. The SMILES string of the molecule is BC1CC(=C)C(=C(C)C)N(CC)CC1(C)C. The fourth-order valence-corrected chi connectivity index (χ4v) is 2.63. The Hall–Kier alpha value is -0.655. The zero-order chi connectivity index (χ0) is 12.5. The molecule has 0 aliphatic carbocycles. The number of likely N-dealkylation sites (N-methyl/N-ethyl adjacent to an activating group) is 1. The van der Waals surface area contributed by atoms with Gasteiger partial charge in [-0.2, -0.15) is 0 Å². The molecule has 0 aromatic rings. The minimum Gasteiger partial charge on any atom is -0.371 e. The molecule has 0 aromatic heterocycles. The molecule has 1 unspecified atom stereocenters. The topological polar surface area (TPSA) is 3.24 Å². The highest BCUT2D eigenvalue weighted by atomic mass is 15.1. The van der Waals surface area contributed by atoms with Gasteiger partial charge in [-0.15, -0.1) is 0 Å². The summed E-state index contributed by atoms with van der Waals surface area (Å²) in [6.07, 6.45) is 1.13. The number of allylic oxidation sites excluding steroid dienone is 2. The molecule has 0 saturated carbocycles. The highest BCUT2D eigenvalue weighted by Gasteiger charge is 2.33. The van der Waals surface area contributed by atoms with Crippen LogP contribution in [-0.2, 0) is 0 Å². The van der Waals surface area contributed by atoms with Crippen molar-refractivity contribution in [3.8, 4) is 0 Å². The molecule has 16 heavy (non-hydrogen) atoms. The van der Waals surface area contributed by atoms with E-state index < -0.39 is 0 Å². The van der Waals surface area contributed by atoms with Gasteiger partial charge >= 0.3 is 0 Å². The number of hydrogen-bond acceptors (Lipinski definition) is 1. The van der Waals surface area contributed by atoms with Crippen molar-refractivity contribution in [3.63, 3.8) is 0 Å². The monoisotopic (exact) mass is 219 g/mol. The molecule has 0 bridgehead atoms. The van der Waals surface area contributed by atoms with Gasteiger partial charge in [-0.05, 0) is 38.2 Å². The van der Waals surface area contributed by atoms with Gasteiger partial charge in [0.05, 0.1) is 0 Å². The summed E-state index contributed by atoms with van der Waals surface area (Å²) in [4.78, 5) is 2.50. The molecule has 1 heterocycles. The lowest BCUT2D eigenvalue weighted by atomic mass is 9.65. The first-order chi connectivity index (χ1) is 7.29. The van der Waals surface area contributed by atoms with Crippen molar-refractivity contribution in [1.29, 1.82) is 0 Å². The van der Waals surface area contributed by atoms with Crippen molar-refractivity contribution >= 4 is 7.85 Å². The van der Waals surface area contributed by atoms with Crippen molar-refractivity contribution in [2.75, 3.05) is 13.1 Å². The summed E-state index contributed by atoms with van der Waals surface area (Å²) in [5.74, 6) is 0.700. The Kier molecular flexibility index (Phi) is 3.93. The first kappa shape index (κ1) is 13.4. The molecule has 90 valence electrons. The molecule has 0 radical (unpaired) electrons. The third-order valence-electron chi connectivity index (χ3n) is 3.99. The van der Waals surface area contributed by atoms with Crippen LogP contribution < -0.4 is 0 Å². The largest absolute Gasteiger partial charge is 0.371 e. The van der Waals surface area contributed by atoms with E-state index in [2.05, 4.69) is 53.9 Å². The molecule has 1 fully saturated rings. The lowest BCUT2D eigenvalue weighted by Crippen LogP contribution is -2.34. The maximum atomic E-state index is 4.29. The Morgan fingerprint density at radius 2 is 2.06 bits per heavy atom. The summed E-state index contributed by atoms with van der Waals surface area (Å²) in [6.45, 7) is 17.9. The van der Waals surface area contributed by atoms with Crippen LogP contribution in [0.15, 0.2) is 23.4 Å². The van der Waals surface area contributed by atoms with E-state index in [1.807, 2.05) is 0 Å². The Bertz CT molecular complexity index is 311. The summed E-state index contributed by atoms with van der Waals surface area (Å²) in [5, 5.41) is 0. The van der Waals surface area contributed by atoms with Gasteiger partial charge in [0.2, 0.25) is 0 Å². The highest BCUT2D eigenvalue weighted by Crippen LogP contribution is 2.41. The van der Waals surface area contributed by atoms with E-state index >= 15 is 0 Å². The molecule has 0 N–H and O–H groups in total. The number of rotatable bonds is 1. The van der Waals surface area contributed by atoms with Crippen LogP contribution in [0.25, 0.3) is 0 Å². The van der Waals surface area contributed by atoms with Crippen LogP contribution in [0.3, 0.4) is 0 Å². The summed E-state index contributed by atoms with van der Waals surface area (Å²) in [6, 6.07) is 0. The summed E-state index contributed by atoms with van der Waals surface area (Å²) >= 11 is 0. The van der Waals surface area contributed by atoms with Crippen LogP contribution in [0, 0.1) is 5.41 Å². The van der Waals surface area contributed by atoms with Crippen LogP contribution in [-0.4, -0.2) is 25.8 Å². The molecule has 1 aliphatic heterocycles. The van der Waals surface area contributed by atoms with Gasteiger partial charge in [-0.3, -0.25) is 0 Å². The molecule has 2 heteroatoms. The summed E-state index contributed by atoms with van der Waals surface area (Å²) < 4.78 is 0. The van der Waals surface area contributed by atoms with Crippen LogP contribution in [0.1, 0.15) is 41.0 Å². The molecule has 0 spiro atoms. The van der Waals surface area contributed by atoms with Crippen molar-refractivity contribution in [1.82, 2.24) is 4.90 Å². The zero-order valence-electron chi connectivity index (χ0n) is 11.9. The second-order valence-electron chi connectivity index (χ2n) is 6.06. The molecule has 0 amide bonds. The minimum atomic E-state index is 0.371. The number of likely N-dealkylation sites (tertiary alicyclic amines) is 1. The Balaban J connectivity index is 3.15. The second kappa shape index (κ2) is 4.69. The van der Waals surface area contributed by atoms with E-state index in [1.165, 1.54) is 16.8 Å². The quantitative estimate of drug-likeness (QED) is 0.613. The molecule has 1 saturated heterocycles. The molecule has 0 aromatic carbocycles. The lowest BCUT2D eigenvalue weighted by molar-refractivity contribution is 0.230. The van der Waals surface area contributed by atoms with Crippen molar-refractivity contribution in [2.24, 2.45) is 5.41 Å². The van der Waals surface area contributed by atoms with E-state index in [9.17, 15) is 0 Å². The smallest absolute Gasteiger partial charge is 0.106 e. The van der Waals surface area contributed by atoms with Gasteiger partial charge in [-0.1, -0.05) is 31.8 Å². The maximum Gasteiger partial charge on any atom is 0.106 e. The van der Waals surface area contributed by atoms with E-state index in [0.29, 0.717) is 11.2 Å². The van der Waals surface area contributed by atoms with Crippen molar-refractivity contribution in [3.05, 3.63) is 23.4 Å². The molecule has 1 nitrogen and oxygen atoms in total. The van der Waals surface area contributed by atoms with E-state index in [0.717, 1.165) is 19.5 Å². The first-order valence-electron chi connectivity index (χ1n) is 6.40. The number of hydrogen-bond donors (Lipinski definition) is 0. The number of nitrogens with zero attached hydrogens (tertiary/aromatic N) is 1. The van der Waals surface area contributed by atoms with Crippen LogP contribution in [0.2, 0.25) is 5.82 Å². The average molecular weight is 219 g/mol. The summed E-state index contributed by atoms with van der Waals surface area (Å²) in [7, 11) is 2.35. The average Bonchev–Trinajstić information content (AvgIpc) is 2.22. The van der Waals surface area contributed by atoms with Crippen LogP contribution in [0.4, 0.5) is 0 Å². The van der Waals surface area contributed by atoms with Crippen molar-refractivity contribution in [2.45, 2.75) is 46.9 Å². The van der Waals surface area contributed by atoms with Gasteiger partial charge < -0.3 is 4.90 Å². The van der Waals surface area contributed by atoms with Gasteiger partial charge in [0.15, 0.2) is 0 Å². The fourth-order valence-electron chi connectivity index (χ4n) is 2.63. The fraction of sp³-hybridized carbons (Fsp3) is 0.714. The van der Waals surface area contributed by atoms with Gasteiger partial charge in [-0.25, -0.2) is 0 Å². The predicted molar refractivity (Wildman–Crippen MR) is 75.5 cm³/mol. The Labute approximate surface area is 102 Å². The minimum absolute atomic E-state index is 0.371. The normalized spacial score (nSPS) is 25.6. The lowest BCUT2D eigenvalue weighted by Gasteiger charge is -2.35. The van der Waals surface area contributed by atoms with Crippen LogP contribution in [0.5, 0.6) is 0 Å². The predicted octanol–water partition coefficient (Wildman–Crippen LogP) is 3.01. The third kappa shape index (κ3) is 2.53. The first-order valence-corrected chi connectivity index (χ1v) is 6.40. The molecular formula is C14H26BN. The van der Waals surface area contributed by atoms with Crippen LogP contribution >= 0.6 is 0 Å².